The standard InChI is InChI=1S/C22H28O3/c1-3-4-5-6-12-25-16-9-7-8-15-18(16)21(24)17-14-10-11-22(2,13-14)19(17)20(15)23/h7-9,14,23-24H,3-6,10-13H2,1-2H3. The Hall–Kier alpha value is -1.90. The van der Waals surface area contributed by atoms with Gasteiger partial charge in [-0.2, -0.15) is 0 Å². The topological polar surface area (TPSA) is 49.7 Å². The summed E-state index contributed by atoms with van der Waals surface area (Å²) in [6.45, 7) is 5.07. The smallest absolute Gasteiger partial charge is 0.131 e. The van der Waals surface area contributed by atoms with Gasteiger partial charge in [-0.1, -0.05) is 45.2 Å². The van der Waals surface area contributed by atoms with E-state index >= 15 is 0 Å². The number of hydrogen-bond donors (Lipinski definition) is 2. The van der Waals surface area contributed by atoms with E-state index in [0.717, 1.165) is 48.6 Å². The van der Waals surface area contributed by atoms with Crippen LogP contribution in [0.1, 0.15) is 75.8 Å². The summed E-state index contributed by atoms with van der Waals surface area (Å²) in [5, 5.41) is 23.4. The molecule has 2 unspecified atom stereocenters. The van der Waals surface area contributed by atoms with Crippen molar-refractivity contribution in [2.75, 3.05) is 6.61 Å². The molecule has 1 fully saturated rings. The van der Waals surface area contributed by atoms with Crippen LogP contribution in [0.25, 0.3) is 10.8 Å². The highest BCUT2D eigenvalue weighted by atomic mass is 16.5. The second-order valence-corrected chi connectivity index (χ2v) is 8.07. The molecule has 2 atom stereocenters. The third-order valence-electron chi connectivity index (χ3n) is 6.29. The van der Waals surface area contributed by atoms with Gasteiger partial charge in [0.15, 0.2) is 0 Å². The number of ether oxygens (including phenoxy) is 1. The molecular formula is C22H28O3. The number of phenols is 2. The second-order valence-electron chi connectivity index (χ2n) is 8.07. The quantitative estimate of drug-likeness (QED) is 0.520. The summed E-state index contributed by atoms with van der Waals surface area (Å²) >= 11 is 0. The molecule has 2 aliphatic rings. The van der Waals surface area contributed by atoms with Crippen molar-refractivity contribution in [1.82, 2.24) is 0 Å². The van der Waals surface area contributed by atoms with Gasteiger partial charge in [0, 0.05) is 16.5 Å². The monoisotopic (exact) mass is 340 g/mol. The number of phenolic OH excluding ortho intramolecular Hbond substituents is 2. The molecule has 0 amide bonds. The first-order chi connectivity index (χ1) is 12.1. The van der Waals surface area contributed by atoms with Gasteiger partial charge in [-0.25, -0.2) is 0 Å². The normalized spacial score (nSPS) is 24.0. The fourth-order valence-corrected chi connectivity index (χ4v) is 5.04. The molecular weight excluding hydrogens is 312 g/mol. The second kappa shape index (κ2) is 6.12. The maximum atomic E-state index is 11.1. The molecule has 0 aliphatic heterocycles. The summed E-state index contributed by atoms with van der Waals surface area (Å²) < 4.78 is 6.00. The van der Waals surface area contributed by atoms with Gasteiger partial charge in [0.1, 0.15) is 17.2 Å². The summed E-state index contributed by atoms with van der Waals surface area (Å²) in [6.07, 6.45) is 7.83. The Morgan fingerprint density at radius 3 is 2.80 bits per heavy atom. The van der Waals surface area contributed by atoms with Crippen molar-refractivity contribution >= 4 is 10.8 Å². The lowest BCUT2D eigenvalue weighted by atomic mass is 9.79. The minimum absolute atomic E-state index is 0.00671. The van der Waals surface area contributed by atoms with Crippen LogP contribution in [0, 0.1) is 0 Å². The molecule has 0 heterocycles. The van der Waals surface area contributed by atoms with Crippen molar-refractivity contribution in [3.8, 4) is 17.2 Å². The van der Waals surface area contributed by atoms with E-state index in [9.17, 15) is 10.2 Å². The number of fused-ring (bicyclic) bond motifs is 6. The number of rotatable bonds is 6. The molecule has 0 aromatic heterocycles. The summed E-state index contributed by atoms with van der Waals surface area (Å²) in [5.41, 5.74) is 1.96. The highest BCUT2D eigenvalue weighted by molar-refractivity contribution is 6.00. The Labute approximate surface area is 149 Å². The van der Waals surface area contributed by atoms with Crippen LogP contribution >= 0.6 is 0 Å². The van der Waals surface area contributed by atoms with Gasteiger partial charge in [-0.05, 0) is 43.1 Å². The van der Waals surface area contributed by atoms with Crippen LogP contribution in [0.3, 0.4) is 0 Å². The minimum Gasteiger partial charge on any atom is -0.507 e. The summed E-state index contributed by atoms with van der Waals surface area (Å²) in [4.78, 5) is 0. The molecule has 134 valence electrons. The van der Waals surface area contributed by atoms with Crippen molar-refractivity contribution < 1.29 is 14.9 Å². The van der Waals surface area contributed by atoms with Crippen LogP contribution in [0.2, 0.25) is 0 Å². The molecule has 0 saturated heterocycles. The zero-order chi connectivity index (χ0) is 17.6. The molecule has 0 spiro atoms. The summed E-state index contributed by atoms with van der Waals surface area (Å²) in [7, 11) is 0. The molecule has 2 bridgehead atoms. The lowest BCUT2D eigenvalue weighted by Crippen LogP contribution is -2.16. The Kier molecular flexibility index (Phi) is 4.05. The maximum absolute atomic E-state index is 11.1. The van der Waals surface area contributed by atoms with Crippen LogP contribution in [0.15, 0.2) is 18.2 Å². The fourth-order valence-electron chi connectivity index (χ4n) is 5.04. The molecule has 4 rings (SSSR count). The van der Waals surface area contributed by atoms with E-state index in [2.05, 4.69) is 13.8 Å². The average molecular weight is 340 g/mol. The van der Waals surface area contributed by atoms with Crippen molar-refractivity contribution in [2.45, 2.75) is 70.1 Å². The van der Waals surface area contributed by atoms with Gasteiger partial charge in [0.05, 0.1) is 12.0 Å². The fraction of sp³-hybridized carbons (Fsp3) is 0.545. The molecule has 0 radical (unpaired) electrons. The third kappa shape index (κ3) is 2.47. The van der Waals surface area contributed by atoms with Crippen molar-refractivity contribution in [3.05, 3.63) is 29.3 Å². The molecule has 2 N–H and O–H groups in total. The Morgan fingerprint density at radius 2 is 2.00 bits per heavy atom. The number of unbranched alkanes of at least 4 members (excludes halogenated alkanes) is 3. The van der Waals surface area contributed by atoms with Gasteiger partial charge in [0.25, 0.3) is 0 Å². The van der Waals surface area contributed by atoms with Gasteiger partial charge in [-0.3, -0.25) is 0 Å². The third-order valence-corrected chi connectivity index (χ3v) is 6.29. The van der Waals surface area contributed by atoms with Crippen LogP contribution in [-0.4, -0.2) is 16.8 Å². The van der Waals surface area contributed by atoms with Crippen LogP contribution in [0.4, 0.5) is 0 Å². The Bertz CT molecular complexity index is 811. The molecule has 25 heavy (non-hydrogen) atoms. The highest BCUT2D eigenvalue weighted by Gasteiger charge is 2.49. The predicted octanol–water partition coefficient (Wildman–Crippen LogP) is 5.75. The number of benzene rings is 2. The summed E-state index contributed by atoms with van der Waals surface area (Å²) in [6, 6.07) is 5.71. The molecule has 3 heteroatoms. The van der Waals surface area contributed by atoms with E-state index in [1.54, 1.807) is 0 Å². The first-order valence-corrected chi connectivity index (χ1v) is 9.70. The minimum atomic E-state index is 0.00671. The zero-order valence-corrected chi connectivity index (χ0v) is 15.3. The first-order valence-electron chi connectivity index (χ1n) is 9.70. The van der Waals surface area contributed by atoms with E-state index in [-0.39, 0.29) is 5.41 Å². The number of hydrogen-bond acceptors (Lipinski definition) is 3. The SMILES string of the molecule is CCCCCCOc1cccc2c(O)c3c(c(O)c12)C1CCC3(C)C1. The van der Waals surface area contributed by atoms with Crippen molar-refractivity contribution in [2.24, 2.45) is 0 Å². The highest BCUT2D eigenvalue weighted by Crippen LogP contribution is 2.64. The maximum Gasteiger partial charge on any atom is 0.131 e. The molecule has 2 aromatic rings. The zero-order valence-electron chi connectivity index (χ0n) is 15.3. The Balaban J connectivity index is 1.76. The largest absolute Gasteiger partial charge is 0.507 e. The van der Waals surface area contributed by atoms with Crippen molar-refractivity contribution in [3.63, 3.8) is 0 Å². The molecule has 1 saturated carbocycles. The van der Waals surface area contributed by atoms with Crippen LogP contribution in [-0.2, 0) is 5.41 Å². The summed E-state index contributed by atoms with van der Waals surface area (Å²) in [5.74, 6) is 1.75. The van der Waals surface area contributed by atoms with Gasteiger partial charge in [-0.15, -0.1) is 0 Å². The van der Waals surface area contributed by atoms with E-state index in [4.69, 9.17) is 4.74 Å². The van der Waals surface area contributed by atoms with Crippen LogP contribution in [0.5, 0.6) is 17.2 Å². The van der Waals surface area contributed by atoms with Gasteiger partial charge >= 0.3 is 0 Å². The lowest BCUT2D eigenvalue weighted by Gasteiger charge is -2.27. The molecule has 2 aromatic carbocycles. The lowest BCUT2D eigenvalue weighted by molar-refractivity contribution is 0.307. The van der Waals surface area contributed by atoms with Crippen molar-refractivity contribution in [1.29, 1.82) is 0 Å². The average Bonchev–Trinajstić information content (AvgIpc) is 3.13. The predicted molar refractivity (Wildman–Crippen MR) is 101 cm³/mol. The van der Waals surface area contributed by atoms with Crippen LogP contribution < -0.4 is 4.74 Å². The van der Waals surface area contributed by atoms with Gasteiger partial charge < -0.3 is 14.9 Å². The van der Waals surface area contributed by atoms with Gasteiger partial charge in [0.2, 0.25) is 0 Å². The first kappa shape index (κ1) is 16.6. The van der Waals surface area contributed by atoms with E-state index in [1.807, 2.05) is 18.2 Å². The van der Waals surface area contributed by atoms with E-state index in [1.165, 1.54) is 12.8 Å². The molecule has 3 nitrogen and oxygen atoms in total. The van der Waals surface area contributed by atoms with E-state index < -0.39 is 0 Å². The Morgan fingerprint density at radius 1 is 1.16 bits per heavy atom. The van der Waals surface area contributed by atoms with E-state index in [0.29, 0.717) is 35.2 Å². The number of aromatic hydroxyl groups is 2. The molecule has 2 aliphatic carbocycles.